The minimum Gasteiger partial charge on any atom is -0.493 e. The summed E-state index contributed by atoms with van der Waals surface area (Å²) >= 11 is 0. The Balaban J connectivity index is 1.48. The molecule has 1 aromatic carbocycles. The number of carbonyl (C=O) groups is 1. The van der Waals surface area contributed by atoms with Gasteiger partial charge in [-0.05, 0) is 67.7 Å². The Labute approximate surface area is 273 Å². The number of carbonyl (C=O) groups excluding carboxylic acids is 1. The van der Waals surface area contributed by atoms with Crippen molar-refractivity contribution in [1.82, 2.24) is 25.3 Å². The predicted octanol–water partition coefficient (Wildman–Crippen LogP) is 5.09. The molecule has 0 bridgehead atoms. The summed E-state index contributed by atoms with van der Waals surface area (Å²) in [7, 11) is -2.74. The van der Waals surface area contributed by atoms with Gasteiger partial charge in [-0.3, -0.25) is 10.0 Å². The highest BCUT2D eigenvalue weighted by Crippen LogP contribution is 2.41. The van der Waals surface area contributed by atoms with Gasteiger partial charge in [0, 0.05) is 18.3 Å². The van der Waals surface area contributed by atoms with Crippen molar-refractivity contribution in [1.29, 1.82) is 0 Å². The van der Waals surface area contributed by atoms with E-state index in [9.17, 15) is 13.2 Å². The highest BCUT2D eigenvalue weighted by Gasteiger charge is 2.28. The molecule has 5 rings (SSSR count). The maximum atomic E-state index is 13.7. The van der Waals surface area contributed by atoms with E-state index in [2.05, 4.69) is 35.3 Å². The van der Waals surface area contributed by atoms with E-state index >= 15 is 0 Å². The lowest BCUT2D eigenvalue weighted by molar-refractivity contribution is 0.135. The molecule has 1 aliphatic heterocycles. The molecule has 15 heteroatoms. The lowest BCUT2D eigenvalue weighted by Gasteiger charge is -2.24. The number of ether oxygens (including phenoxy) is 4. The van der Waals surface area contributed by atoms with Gasteiger partial charge in [-0.1, -0.05) is 38.1 Å². The minimum atomic E-state index is -4.23. The maximum Gasteiger partial charge on any atom is 0.412 e. The van der Waals surface area contributed by atoms with Crippen LogP contribution in [0.5, 0.6) is 23.1 Å². The number of aromatic nitrogens is 4. The number of nitrogens with zero attached hydrogens (tertiary/aromatic N) is 4. The second-order valence-corrected chi connectivity index (χ2v) is 12.5. The number of hydrogen-bond acceptors (Lipinski definition) is 12. The Morgan fingerprint density at radius 1 is 0.979 bits per heavy atom. The van der Waals surface area contributed by atoms with Crippen LogP contribution in [0.3, 0.4) is 0 Å². The van der Waals surface area contributed by atoms with Crippen LogP contribution in [-0.2, 0) is 14.8 Å². The average molecular weight is 664 g/mol. The highest BCUT2D eigenvalue weighted by atomic mass is 32.2. The van der Waals surface area contributed by atoms with Crippen LogP contribution in [0, 0.1) is 0 Å². The molecular weight excluding hydrogens is 626 g/mol. The number of piperidine rings is 1. The molecule has 0 radical (unpaired) electrons. The fourth-order valence-electron chi connectivity index (χ4n) is 4.70. The van der Waals surface area contributed by atoms with E-state index in [1.165, 1.54) is 19.4 Å². The molecule has 0 saturated carbocycles. The van der Waals surface area contributed by atoms with Crippen LogP contribution in [0.1, 0.15) is 49.9 Å². The molecule has 248 valence electrons. The van der Waals surface area contributed by atoms with E-state index in [4.69, 9.17) is 18.9 Å². The molecule has 47 heavy (non-hydrogen) atoms. The highest BCUT2D eigenvalue weighted by molar-refractivity contribution is 7.92. The first-order chi connectivity index (χ1) is 22.7. The van der Waals surface area contributed by atoms with E-state index < -0.39 is 16.1 Å². The third-order valence-corrected chi connectivity index (χ3v) is 8.47. The number of amides is 1. The normalized spacial score (nSPS) is 13.5. The van der Waals surface area contributed by atoms with Gasteiger partial charge < -0.3 is 24.3 Å². The van der Waals surface area contributed by atoms with Crippen LogP contribution in [0.4, 0.5) is 16.4 Å². The lowest BCUT2D eigenvalue weighted by Crippen LogP contribution is -2.28. The van der Waals surface area contributed by atoms with Gasteiger partial charge >= 0.3 is 6.09 Å². The van der Waals surface area contributed by atoms with Gasteiger partial charge in [0.05, 0.1) is 7.11 Å². The number of hydrogen-bond donors (Lipinski definition) is 3. The molecule has 0 aliphatic carbocycles. The Bertz CT molecular complexity index is 1750. The number of methoxy groups -OCH3 is 1. The molecule has 0 atom stereocenters. The zero-order valence-electron chi connectivity index (χ0n) is 26.3. The summed E-state index contributed by atoms with van der Waals surface area (Å²) in [5.41, 5.74) is 0.894. The van der Waals surface area contributed by atoms with Crippen molar-refractivity contribution < 1.29 is 32.2 Å². The molecule has 3 aromatic heterocycles. The lowest BCUT2D eigenvalue weighted by atomic mass is 9.97. The zero-order chi connectivity index (χ0) is 33.2. The third kappa shape index (κ3) is 8.83. The summed E-state index contributed by atoms with van der Waals surface area (Å²) in [5.74, 6) is 1.17. The van der Waals surface area contributed by atoms with Crippen molar-refractivity contribution >= 4 is 27.8 Å². The van der Waals surface area contributed by atoms with Crippen molar-refractivity contribution in [2.75, 3.05) is 43.5 Å². The van der Waals surface area contributed by atoms with E-state index in [-0.39, 0.29) is 53.3 Å². The van der Waals surface area contributed by atoms with Gasteiger partial charge in [0.25, 0.3) is 15.9 Å². The minimum absolute atomic E-state index is 0.0472. The van der Waals surface area contributed by atoms with E-state index in [1.54, 1.807) is 54.7 Å². The Hall–Kier alpha value is -5.02. The largest absolute Gasteiger partial charge is 0.493 e. The van der Waals surface area contributed by atoms with Crippen LogP contribution >= 0.6 is 0 Å². The molecule has 4 aromatic rings. The monoisotopic (exact) mass is 663 g/mol. The summed E-state index contributed by atoms with van der Waals surface area (Å²) in [4.78, 5) is 29.9. The standard InChI is InChI=1S/C32H37N7O7S/c1-21(2)23-11-12-27(35-20-23)47(41,42)39-30-28(46-25-9-5-4-8-24(25)43-3)31(38-29(37-30)22-13-16-33-17-14-22)44-18-19-45-32(40)36-26-10-6-7-15-34-26/h4-12,15,20-22,33H,13-14,16-19H2,1-3H3,(H,34,36,40)(H,37,38,39). The third-order valence-electron chi connectivity index (χ3n) is 7.22. The number of anilines is 2. The van der Waals surface area contributed by atoms with Crippen molar-refractivity contribution in [2.24, 2.45) is 0 Å². The molecule has 1 saturated heterocycles. The number of rotatable bonds is 13. The van der Waals surface area contributed by atoms with E-state index in [0.29, 0.717) is 17.4 Å². The number of para-hydroxylation sites is 2. The van der Waals surface area contributed by atoms with Crippen LogP contribution in [0.25, 0.3) is 0 Å². The number of benzene rings is 1. The van der Waals surface area contributed by atoms with Gasteiger partial charge in [0.2, 0.25) is 5.75 Å². The van der Waals surface area contributed by atoms with Crippen LogP contribution in [-0.4, -0.2) is 67.9 Å². The van der Waals surface area contributed by atoms with Gasteiger partial charge in [-0.2, -0.15) is 13.4 Å². The topological polar surface area (TPSA) is 176 Å². The van der Waals surface area contributed by atoms with Gasteiger partial charge in [-0.15, -0.1) is 0 Å². The van der Waals surface area contributed by atoms with E-state index in [0.717, 1.165) is 31.5 Å². The molecule has 14 nitrogen and oxygen atoms in total. The molecule has 3 N–H and O–H groups in total. The van der Waals surface area contributed by atoms with Crippen LogP contribution in [0.2, 0.25) is 0 Å². The molecule has 0 unspecified atom stereocenters. The van der Waals surface area contributed by atoms with Gasteiger partial charge in [0.1, 0.15) is 24.9 Å². The number of sulfonamides is 1. The average Bonchev–Trinajstić information content (AvgIpc) is 3.08. The van der Waals surface area contributed by atoms with Crippen LogP contribution < -0.4 is 29.6 Å². The second kappa shape index (κ2) is 15.5. The summed E-state index contributed by atoms with van der Waals surface area (Å²) in [6.45, 7) is 5.19. The Morgan fingerprint density at radius 3 is 2.43 bits per heavy atom. The number of pyridine rings is 2. The molecule has 1 aliphatic rings. The molecule has 0 spiro atoms. The van der Waals surface area contributed by atoms with Gasteiger partial charge in [0.15, 0.2) is 22.3 Å². The first kappa shape index (κ1) is 33.3. The van der Waals surface area contributed by atoms with Crippen LogP contribution in [0.15, 0.2) is 72.0 Å². The fourth-order valence-corrected chi connectivity index (χ4v) is 5.64. The maximum absolute atomic E-state index is 13.7. The Kier molecular flexibility index (Phi) is 11.0. The summed E-state index contributed by atoms with van der Waals surface area (Å²) in [6, 6.07) is 15.1. The van der Waals surface area contributed by atoms with Crippen molar-refractivity contribution in [3.8, 4) is 23.1 Å². The summed E-state index contributed by atoms with van der Waals surface area (Å²) in [5, 5.41) is 5.64. The van der Waals surface area contributed by atoms with E-state index in [1.807, 2.05) is 13.8 Å². The van der Waals surface area contributed by atoms with Crippen molar-refractivity contribution in [3.05, 3.63) is 78.4 Å². The second-order valence-electron chi connectivity index (χ2n) is 10.9. The molecule has 1 fully saturated rings. The van der Waals surface area contributed by atoms with Crippen molar-refractivity contribution in [3.63, 3.8) is 0 Å². The molecule has 1 amide bonds. The summed E-state index contributed by atoms with van der Waals surface area (Å²) < 4.78 is 52.8. The smallest absolute Gasteiger partial charge is 0.412 e. The predicted molar refractivity (Wildman–Crippen MR) is 174 cm³/mol. The Morgan fingerprint density at radius 2 is 1.74 bits per heavy atom. The van der Waals surface area contributed by atoms with Gasteiger partial charge in [-0.25, -0.2) is 19.7 Å². The number of nitrogens with one attached hydrogen (secondary N) is 3. The first-order valence-electron chi connectivity index (χ1n) is 15.1. The SMILES string of the molecule is COc1ccccc1Oc1c(NS(=O)(=O)c2ccc(C(C)C)cn2)nc(C2CCNCC2)nc1OCCOC(=O)Nc1ccccn1. The first-order valence-corrected chi connectivity index (χ1v) is 16.6. The quantitative estimate of drug-likeness (QED) is 0.162. The summed E-state index contributed by atoms with van der Waals surface area (Å²) in [6.07, 6.45) is 3.81. The zero-order valence-corrected chi connectivity index (χ0v) is 27.1. The molecule has 4 heterocycles. The molecular formula is C32H37N7O7S. The fraction of sp³-hybridized carbons (Fsp3) is 0.344. The van der Waals surface area contributed by atoms with Crippen molar-refractivity contribution in [2.45, 2.75) is 43.6 Å².